The molecule has 2 aromatic rings. The Labute approximate surface area is 302 Å². The number of methoxy groups -OCH3 is 1. The summed E-state index contributed by atoms with van der Waals surface area (Å²) in [5, 5.41) is 105. The van der Waals surface area contributed by atoms with Crippen LogP contribution in [0.2, 0.25) is 0 Å². The van der Waals surface area contributed by atoms with Crippen LogP contribution in [0.3, 0.4) is 0 Å². The molecule has 2 aromatic carbocycles. The van der Waals surface area contributed by atoms with Crippen LogP contribution in [0.25, 0.3) is 0 Å². The predicted molar refractivity (Wildman–Crippen MR) is 172 cm³/mol. The zero-order chi connectivity index (χ0) is 38.5. The van der Waals surface area contributed by atoms with Crippen molar-refractivity contribution < 1.29 is 93.8 Å². The first-order chi connectivity index (χ1) is 25.1. The highest BCUT2D eigenvalue weighted by Crippen LogP contribution is 2.44. The van der Waals surface area contributed by atoms with E-state index in [2.05, 4.69) is 0 Å². The largest absolute Gasteiger partial charge is 0.507 e. The van der Waals surface area contributed by atoms with Gasteiger partial charge in [0.2, 0.25) is 6.29 Å². The number of carbonyl (C=O) groups excluding carboxylic acids is 1. The molecule has 4 heterocycles. The smallest absolute Gasteiger partial charge is 0.229 e. The average molecular weight is 757 g/mol. The fraction of sp³-hybridized carbons (Fsp3) is 0.618. The maximum atomic E-state index is 13.2. The van der Waals surface area contributed by atoms with Gasteiger partial charge in [0.1, 0.15) is 83.9 Å². The summed E-state index contributed by atoms with van der Waals surface area (Å²) in [7, 11) is 1.38. The molecule has 19 heteroatoms. The van der Waals surface area contributed by atoms with Crippen molar-refractivity contribution >= 4 is 5.78 Å². The Morgan fingerprint density at radius 1 is 0.717 bits per heavy atom. The molecule has 3 saturated heterocycles. The summed E-state index contributed by atoms with van der Waals surface area (Å²) in [5.74, 6) is -1.32. The molecule has 0 aromatic heterocycles. The van der Waals surface area contributed by atoms with E-state index < -0.39 is 116 Å². The standard InChI is InChI=1S/C34H44O19/c1-11-23(38)26(41)29(44)32(48-11)47-10-21-25(40)28(43)31(53-33-30(45)27(42)24(39)12(2)49-33)34(52-21)50-14-7-16(36)22-17(37)9-19(51-20(22)8-14)13-4-5-18(46-3)15(35)6-13/h4-8,11-12,19,21,23-36,38-45H,9-10H2,1-3H3/t11?,12?,19?,21?,23-,24-,25+,26?,27?,28-,29-,30-,31?,32+,33-,34+/m0/s1. The molecule has 53 heavy (non-hydrogen) atoms. The third kappa shape index (κ3) is 7.76. The third-order valence-electron chi connectivity index (χ3n) is 9.78. The van der Waals surface area contributed by atoms with Gasteiger partial charge < -0.3 is 89.0 Å². The van der Waals surface area contributed by atoms with Gasteiger partial charge in [-0.25, -0.2) is 0 Å². The Balaban J connectivity index is 1.26. The normalized spacial score (nSPS) is 40.2. The topological polar surface area (TPSA) is 293 Å². The number of phenols is 2. The van der Waals surface area contributed by atoms with Crippen molar-refractivity contribution in [1.82, 2.24) is 0 Å². The number of ketones is 1. The molecule has 0 spiro atoms. The number of phenolic OH excluding ortho intramolecular Hbond substituents is 2. The highest BCUT2D eigenvalue weighted by Gasteiger charge is 2.52. The van der Waals surface area contributed by atoms with E-state index in [-0.39, 0.29) is 35.0 Å². The van der Waals surface area contributed by atoms with Gasteiger partial charge in [-0.2, -0.15) is 0 Å². The summed E-state index contributed by atoms with van der Waals surface area (Å²) >= 11 is 0. The first kappa shape index (κ1) is 39.3. The van der Waals surface area contributed by atoms with Gasteiger partial charge in [-0.3, -0.25) is 4.79 Å². The Kier molecular flexibility index (Phi) is 11.7. The highest BCUT2D eigenvalue weighted by atomic mass is 16.8. The van der Waals surface area contributed by atoms with Crippen molar-refractivity contribution in [2.45, 2.75) is 118 Å². The fourth-order valence-electron chi connectivity index (χ4n) is 6.61. The van der Waals surface area contributed by atoms with E-state index in [1.807, 2.05) is 0 Å². The van der Waals surface area contributed by atoms with Crippen LogP contribution in [0.4, 0.5) is 0 Å². The van der Waals surface area contributed by atoms with Crippen molar-refractivity contribution in [2.24, 2.45) is 0 Å². The molecule has 6 rings (SSSR count). The zero-order valence-electron chi connectivity index (χ0n) is 28.7. The van der Waals surface area contributed by atoms with Gasteiger partial charge in [0.05, 0.1) is 32.3 Å². The molecule has 0 aliphatic carbocycles. The minimum absolute atomic E-state index is 0.111. The van der Waals surface area contributed by atoms with Crippen LogP contribution in [0, 0.1) is 0 Å². The second-order valence-corrected chi connectivity index (χ2v) is 13.4. The molecule has 4 aliphatic heterocycles. The van der Waals surface area contributed by atoms with Crippen LogP contribution < -0.4 is 14.2 Å². The lowest BCUT2D eigenvalue weighted by molar-refractivity contribution is -0.360. The molecule has 7 unspecified atom stereocenters. The number of benzene rings is 2. The molecule has 0 radical (unpaired) electrons. The van der Waals surface area contributed by atoms with Gasteiger partial charge in [-0.05, 0) is 31.5 Å². The highest BCUT2D eigenvalue weighted by molar-refractivity contribution is 6.02. The van der Waals surface area contributed by atoms with Crippen LogP contribution in [-0.4, -0.2) is 163 Å². The number of rotatable bonds is 9. The summed E-state index contributed by atoms with van der Waals surface area (Å²) < 4.78 is 45.5. The maximum absolute atomic E-state index is 13.2. The second kappa shape index (κ2) is 15.7. The summed E-state index contributed by atoms with van der Waals surface area (Å²) in [6.07, 6.45) is -24.6. The number of aliphatic hydroxyl groups excluding tert-OH is 8. The van der Waals surface area contributed by atoms with Gasteiger partial charge in [-0.1, -0.05) is 6.07 Å². The Morgan fingerprint density at radius 3 is 2.00 bits per heavy atom. The van der Waals surface area contributed by atoms with E-state index in [4.69, 9.17) is 37.9 Å². The molecule has 0 saturated carbocycles. The van der Waals surface area contributed by atoms with E-state index in [9.17, 15) is 55.9 Å². The van der Waals surface area contributed by atoms with Crippen LogP contribution in [0.5, 0.6) is 28.7 Å². The van der Waals surface area contributed by atoms with Gasteiger partial charge >= 0.3 is 0 Å². The molecule has 10 N–H and O–H groups in total. The monoisotopic (exact) mass is 756 g/mol. The van der Waals surface area contributed by atoms with Crippen LogP contribution >= 0.6 is 0 Å². The van der Waals surface area contributed by atoms with Gasteiger partial charge in [-0.15, -0.1) is 0 Å². The van der Waals surface area contributed by atoms with Gasteiger partial charge in [0.25, 0.3) is 0 Å². The van der Waals surface area contributed by atoms with Gasteiger partial charge in [0.15, 0.2) is 36.0 Å². The number of aromatic hydroxyl groups is 2. The molecule has 16 atom stereocenters. The van der Waals surface area contributed by atoms with E-state index in [1.54, 1.807) is 6.07 Å². The minimum atomic E-state index is -1.89. The molecular formula is C34H44O19. The molecule has 3 fully saturated rings. The van der Waals surface area contributed by atoms with Crippen molar-refractivity contribution in [3.05, 3.63) is 41.5 Å². The number of hydrogen-bond donors (Lipinski definition) is 10. The van der Waals surface area contributed by atoms with Gasteiger partial charge in [0, 0.05) is 12.1 Å². The predicted octanol–water partition coefficient (Wildman–Crippen LogP) is -2.30. The van der Waals surface area contributed by atoms with E-state index in [1.165, 1.54) is 39.2 Å². The Hall–Kier alpha value is -3.41. The zero-order valence-corrected chi connectivity index (χ0v) is 28.7. The van der Waals surface area contributed by atoms with Crippen LogP contribution in [0.1, 0.15) is 42.3 Å². The summed E-state index contributed by atoms with van der Waals surface area (Å²) in [4.78, 5) is 13.2. The molecule has 4 aliphatic rings. The van der Waals surface area contributed by atoms with E-state index >= 15 is 0 Å². The van der Waals surface area contributed by atoms with Crippen LogP contribution in [0.15, 0.2) is 30.3 Å². The molecule has 0 bridgehead atoms. The molecule has 0 amide bonds. The van der Waals surface area contributed by atoms with E-state index in [0.29, 0.717) is 5.56 Å². The third-order valence-corrected chi connectivity index (χ3v) is 9.78. The van der Waals surface area contributed by atoms with Crippen molar-refractivity contribution in [2.75, 3.05) is 13.7 Å². The molecule has 294 valence electrons. The summed E-state index contributed by atoms with van der Waals surface area (Å²) in [6, 6.07) is 6.77. The maximum Gasteiger partial charge on any atom is 0.229 e. The first-order valence-corrected chi connectivity index (χ1v) is 16.9. The molecular weight excluding hydrogens is 712 g/mol. The lowest BCUT2D eigenvalue weighted by atomic mass is 9.95. The Bertz CT molecular complexity index is 1610. The summed E-state index contributed by atoms with van der Waals surface area (Å²) in [6.45, 7) is 2.25. The van der Waals surface area contributed by atoms with E-state index in [0.717, 1.165) is 6.07 Å². The number of aliphatic hydroxyl groups is 8. The lowest BCUT2D eigenvalue weighted by Gasteiger charge is -2.46. The summed E-state index contributed by atoms with van der Waals surface area (Å²) in [5.41, 5.74) is 0.270. The number of hydrogen-bond acceptors (Lipinski definition) is 19. The Morgan fingerprint density at radius 2 is 1.36 bits per heavy atom. The molecule has 19 nitrogen and oxygen atoms in total. The van der Waals surface area contributed by atoms with Crippen molar-refractivity contribution in [1.29, 1.82) is 0 Å². The second-order valence-electron chi connectivity index (χ2n) is 13.4. The number of carbonyl (C=O) groups is 1. The average Bonchev–Trinajstić information content (AvgIpc) is 3.12. The first-order valence-electron chi connectivity index (χ1n) is 16.9. The van der Waals surface area contributed by atoms with Crippen molar-refractivity contribution in [3.8, 4) is 28.7 Å². The number of Topliss-reactive ketones (excluding diaryl/α,β-unsaturated/α-hetero) is 1. The lowest BCUT2D eigenvalue weighted by Crippen LogP contribution is -2.65. The quantitative estimate of drug-likeness (QED) is 0.129. The number of ether oxygens (including phenoxy) is 8. The van der Waals surface area contributed by atoms with Crippen LogP contribution in [-0.2, 0) is 23.7 Å². The minimum Gasteiger partial charge on any atom is -0.507 e. The SMILES string of the molecule is COc1ccc(C2CC(=O)c3c(O)cc(O[C@@H]4OC(CO[C@@H]5OC(C)[C@H](O)C(O)[C@@H]5O)[C@@H](O)[C@H](O)C4O[C@@H]4OC(C)[C@H](O)C(O)[C@@H]4O)cc3O2)cc1O. The van der Waals surface area contributed by atoms with Crippen molar-refractivity contribution in [3.63, 3.8) is 0 Å². The fourth-order valence-corrected chi connectivity index (χ4v) is 6.61. The number of fused-ring (bicyclic) bond motifs is 1.